The van der Waals surface area contributed by atoms with Gasteiger partial charge in [0.2, 0.25) is 5.60 Å². The van der Waals surface area contributed by atoms with Gasteiger partial charge in [-0.25, -0.2) is 8.78 Å². The molecule has 2 saturated heterocycles. The van der Waals surface area contributed by atoms with Gasteiger partial charge in [0.05, 0.1) is 7.11 Å². The highest BCUT2D eigenvalue weighted by Gasteiger charge is 2.62. The van der Waals surface area contributed by atoms with Crippen LogP contribution >= 0.6 is 23.2 Å². The number of amides is 1. The lowest BCUT2D eigenvalue weighted by atomic mass is 9.71. The highest BCUT2D eigenvalue weighted by atomic mass is 35.5. The molecule has 2 atom stereocenters. The van der Waals surface area contributed by atoms with E-state index in [0.717, 1.165) is 58.0 Å². The summed E-state index contributed by atoms with van der Waals surface area (Å²) in [5.41, 5.74) is -0.803. The number of alkyl halides is 2. The number of aliphatic hydroxyl groups excluding tert-OH is 1. The Morgan fingerprint density at radius 1 is 1.09 bits per heavy atom. The van der Waals surface area contributed by atoms with Gasteiger partial charge in [-0.05, 0) is 87.9 Å². The first-order valence-corrected chi connectivity index (χ1v) is 16.4. The molecule has 2 heterocycles. The van der Waals surface area contributed by atoms with Gasteiger partial charge in [0, 0.05) is 66.6 Å². The molecule has 2 aromatic rings. The Labute approximate surface area is 276 Å². The molecule has 4 rings (SSSR count). The van der Waals surface area contributed by atoms with E-state index in [9.17, 15) is 9.90 Å². The molecule has 0 bridgehead atoms. The van der Waals surface area contributed by atoms with Crippen LogP contribution in [0.4, 0.5) is 14.5 Å². The van der Waals surface area contributed by atoms with Crippen molar-refractivity contribution in [2.45, 2.75) is 70.1 Å². The number of benzene rings is 2. The second kappa shape index (κ2) is 14.3. The van der Waals surface area contributed by atoms with Crippen molar-refractivity contribution in [1.82, 2.24) is 9.80 Å². The van der Waals surface area contributed by atoms with E-state index in [2.05, 4.69) is 11.8 Å². The summed E-state index contributed by atoms with van der Waals surface area (Å²) in [6.07, 6.45) is 3.19. The molecule has 2 aromatic carbocycles. The molecule has 1 unspecified atom stereocenters. The van der Waals surface area contributed by atoms with E-state index in [0.29, 0.717) is 29.6 Å². The molecule has 45 heavy (non-hydrogen) atoms. The van der Waals surface area contributed by atoms with Crippen LogP contribution in [-0.2, 0) is 15.1 Å². The van der Waals surface area contributed by atoms with Crippen molar-refractivity contribution in [1.29, 1.82) is 0 Å². The number of likely N-dealkylation sites (tertiary alicyclic amines) is 1. The standard InChI is InChI=1S/C34H47Cl2F2N3O4/c1-7-33(37,38)34(45-6,24-18-25(35)20-27(19-24)44-5)31(43)41-16-12-32(2,13-17-41)22-23-10-14-40(15-11-23)26-8-9-28(29(36)21-26)30(42)39(3)4/h8-9,18-21,23,30,42H,7,10-17,22H2,1-6H3/t30?,34-/m1/s1. The van der Waals surface area contributed by atoms with Gasteiger partial charge < -0.3 is 24.4 Å². The zero-order chi connectivity index (χ0) is 33.2. The maximum Gasteiger partial charge on any atom is 0.289 e. The summed E-state index contributed by atoms with van der Waals surface area (Å²) in [4.78, 5) is 19.6. The van der Waals surface area contributed by atoms with Crippen LogP contribution in [0, 0.1) is 11.3 Å². The Balaban J connectivity index is 1.40. The second-order valence-corrected chi connectivity index (χ2v) is 13.9. The first kappa shape index (κ1) is 35.7. The van der Waals surface area contributed by atoms with Crippen LogP contribution < -0.4 is 9.64 Å². The molecule has 1 N–H and O–H groups in total. The Hall–Kier alpha value is -2.17. The Bertz CT molecular complexity index is 1330. The van der Waals surface area contributed by atoms with Crippen molar-refractivity contribution in [3.8, 4) is 5.75 Å². The summed E-state index contributed by atoms with van der Waals surface area (Å²) >= 11 is 12.8. The van der Waals surface area contributed by atoms with Gasteiger partial charge in [-0.1, -0.05) is 43.1 Å². The van der Waals surface area contributed by atoms with Crippen LogP contribution in [0.1, 0.15) is 69.7 Å². The predicted octanol–water partition coefficient (Wildman–Crippen LogP) is 7.38. The van der Waals surface area contributed by atoms with Crippen molar-refractivity contribution < 1.29 is 28.2 Å². The normalized spacial score (nSPS) is 19.8. The van der Waals surface area contributed by atoms with Crippen LogP contribution in [0.2, 0.25) is 10.0 Å². The van der Waals surface area contributed by atoms with Crippen molar-refractivity contribution in [3.63, 3.8) is 0 Å². The minimum absolute atomic E-state index is 0.000821. The molecule has 0 spiro atoms. The van der Waals surface area contributed by atoms with E-state index < -0.39 is 30.1 Å². The van der Waals surface area contributed by atoms with Gasteiger partial charge in [-0.2, -0.15) is 0 Å². The second-order valence-electron chi connectivity index (χ2n) is 13.1. The number of ether oxygens (including phenoxy) is 2. The average molecular weight is 671 g/mol. The fraction of sp³-hybridized carbons (Fsp3) is 0.618. The van der Waals surface area contributed by atoms with Crippen molar-refractivity contribution in [2.24, 2.45) is 11.3 Å². The third kappa shape index (κ3) is 7.38. The van der Waals surface area contributed by atoms with Crippen LogP contribution in [0.3, 0.4) is 0 Å². The van der Waals surface area contributed by atoms with E-state index in [1.165, 1.54) is 37.1 Å². The number of rotatable bonds is 11. The number of halogens is 4. The first-order valence-electron chi connectivity index (χ1n) is 15.7. The van der Waals surface area contributed by atoms with Gasteiger partial charge in [0.15, 0.2) is 0 Å². The SMILES string of the molecule is CCC(F)(F)[C@](OC)(C(=O)N1CCC(C)(CC2CCN(c3ccc(C(O)N(C)C)c(Cl)c3)CC2)CC1)c1cc(Cl)cc(OC)c1. The molecule has 2 fully saturated rings. The smallest absolute Gasteiger partial charge is 0.289 e. The molecular weight excluding hydrogens is 623 g/mol. The summed E-state index contributed by atoms with van der Waals surface area (Å²) in [5, 5.41) is 11.1. The number of hydrogen-bond donors (Lipinski definition) is 1. The molecule has 250 valence electrons. The molecule has 0 aliphatic carbocycles. The topological polar surface area (TPSA) is 65.5 Å². The fourth-order valence-electron chi connectivity index (χ4n) is 6.95. The van der Waals surface area contributed by atoms with Gasteiger partial charge in [0.25, 0.3) is 11.8 Å². The summed E-state index contributed by atoms with van der Waals surface area (Å²) in [7, 11) is 6.19. The summed E-state index contributed by atoms with van der Waals surface area (Å²) in [6.45, 7) is 6.16. The fourth-order valence-corrected chi connectivity index (χ4v) is 7.44. The highest BCUT2D eigenvalue weighted by Crippen LogP contribution is 2.48. The molecule has 1 amide bonds. The number of hydrogen-bond acceptors (Lipinski definition) is 6. The summed E-state index contributed by atoms with van der Waals surface area (Å²) < 4.78 is 42.3. The number of aliphatic hydroxyl groups is 1. The Kier molecular flexibility index (Phi) is 11.3. The zero-order valence-corrected chi connectivity index (χ0v) is 28.7. The summed E-state index contributed by atoms with van der Waals surface area (Å²) in [6, 6.07) is 10.1. The van der Waals surface area contributed by atoms with Crippen molar-refractivity contribution >= 4 is 34.8 Å². The van der Waals surface area contributed by atoms with Gasteiger partial charge >= 0.3 is 0 Å². The maximum absolute atomic E-state index is 15.8. The minimum atomic E-state index is -3.49. The number of carbonyl (C=O) groups is 1. The first-order chi connectivity index (χ1) is 21.2. The Morgan fingerprint density at radius 2 is 1.73 bits per heavy atom. The zero-order valence-electron chi connectivity index (χ0n) is 27.2. The monoisotopic (exact) mass is 669 g/mol. The lowest BCUT2D eigenvalue weighted by molar-refractivity contribution is -0.217. The minimum Gasteiger partial charge on any atom is -0.497 e. The summed E-state index contributed by atoms with van der Waals surface area (Å²) in [5.74, 6) is -3.43. The molecule has 0 saturated carbocycles. The van der Waals surface area contributed by atoms with Crippen LogP contribution in [0.15, 0.2) is 36.4 Å². The molecule has 7 nitrogen and oxygen atoms in total. The van der Waals surface area contributed by atoms with Gasteiger partial charge in [0.1, 0.15) is 12.0 Å². The number of anilines is 1. The van der Waals surface area contributed by atoms with E-state index in [4.69, 9.17) is 32.7 Å². The molecule has 0 aromatic heterocycles. The number of piperidine rings is 2. The average Bonchev–Trinajstić information content (AvgIpc) is 3.01. The van der Waals surface area contributed by atoms with Crippen molar-refractivity contribution in [2.75, 3.05) is 59.4 Å². The van der Waals surface area contributed by atoms with Gasteiger partial charge in [-0.3, -0.25) is 9.69 Å². The van der Waals surface area contributed by atoms with Crippen LogP contribution in [0.25, 0.3) is 0 Å². The van der Waals surface area contributed by atoms with Crippen LogP contribution in [0.5, 0.6) is 5.75 Å². The van der Waals surface area contributed by atoms with E-state index in [1.54, 1.807) is 19.0 Å². The third-order valence-corrected chi connectivity index (χ3v) is 10.4. The van der Waals surface area contributed by atoms with Crippen LogP contribution in [-0.4, -0.2) is 81.2 Å². The van der Waals surface area contributed by atoms with E-state index in [1.807, 2.05) is 18.2 Å². The molecular formula is C34H47Cl2F2N3O4. The quantitative estimate of drug-likeness (QED) is 0.252. The largest absolute Gasteiger partial charge is 0.497 e. The molecule has 0 radical (unpaired) electrons. The van der Waals surface area contributed by atoms with Gasteiger partial charge in [-0.15, -0.1) is 0 Å². The molecule has 11 heteroatoms. The Morgan fingerprint density at radius 3 is 2.27 bits per heavy atom. The lowest BCUT2D eigenvalue weighted by Crippen LogP contribution is -2.60. The highest BCUT2D eigenvalue weighted by molar-refractivity contribution is 6.31. The number of nitrogens with zero attached hydrogens (tertiary/aromatic N) is 3. The van der Waals surface area contributed by atoms with E-state index >= 15 is 8.78 Å². The van der Waals surface area contributed by atoms with E-state index in [-0.39, 0.29) is 21.8 Å². The lowest BCUT2D eigenvalue weighted by Gasteiger charge is -2.46. The third-order valence-electron chi connectivity index (χ3n) is 9.85. The maximum atomic E-state index is 15.8. The van der Waals surface area contributed by atoms with Crippen molar-refractivity contribution in [3.05, 3.63) is 57.6 Å². The molecule has 2 aliphatic rings. The molecule has 2 aliphatic heterocycles. The number of carbonyl (C=O) groups excluding carboxylic acids is 1. The number of methoxy groups -OCH3 is 2. The predicted molar refractivity (Wildman–Crippen MR) is 176 cm³/mol.